The van der Waals surface area contributed by atoms with Crippen molar-refractivity contribution >= 4 is 28.2 Å². The minimum atomic E-state index is -0.316. The van der Waals surface area contributed by atoms with Gasteiger partial charge in [-0.05, 0) is 62.2 Å². The molecule has 0 amide bonds. The molecule has 0 atom stereocenters. The van der Waals surface area contributed by atoms with Crippen LogP contribution in [0.5, 0.6) is 0 Å². The summed E-state index contributed by atoms with van der Waals surface area (Å²) in [5.74, 6) is -0.316. The number of rotatable bonds is 5. The topological polar surface area (TPSA) is 51.2 Å². The van der Waals surface area contributed by atoms with E-state index in [0.717, 1.165) is 34.4 Å². The van der Waals surface area contributed by atoms with Crippen molar-refractivity contribution < 1.29 is 9.53 Å². The summed E-state index contributed by atoms with van der Waals surface area (Å²) in [6, 6.07) is 15.8. The summed E-state index contributed by atoms with van der Waals surface area (Å²) in [5.41, 5.74) is 5.53. The smallest absolute Gasteiger partial charge is 0.338 e. The van der Waals surface area contributed by atoms with Crippen molar-refractivity contribution in [1.82, 2.24) is 4.98 Å². The number of ether oxygens (including phenoxy) is 1. The number of nitrogens with one attached hydrogen (secondary N) is 1. The maximum atomic E-state index is 12.0. The molecule has 2 aromatic carbocycles. The summed E-state index contributed by atoms with van der Waals surface area (Å²) in [6.45, 7) is 6.26. The highest BCUT2D eigenvalue weighted by Crippen LogP contribution is 2.28. The number of esters is 1. The van der Waals surface area contributed by atoms with Crippen LogP contribution in [0, 0.1) is 6.92 Å². The number of anilines is 2. The Bertz CT molecular complexity index is 902. The lowest BCUT2D eigenvalue weighted by molar-refractivity contribution is 0.0526. The molecular weight excluding hydrogens is 312 g/mol. The Kier molecular flexibility index (Phi) is 4.98. The molecule has 0 fully saturated rings. The number of benzene rings is 2. The van der Waals surface area contributed by atoms with Crippen LogP contribution in [0.3, 0.4) is 0 Å². The van der Waals surface area contributed by atoms with E-state index in [1.165, 1.54) is 5.56 Å². The van der Waals surface area contributed by atoms with E-state index < -0.39 is 0 Å². The van der Waals surface area contributed by atoms with Crippen LogP contribution >= 0.6 is 0 Å². The maximum absolute atomic E-state index is 12.0. The van der Waals surface area contributed by atoms with E-state index >= 15 is 0 Å². The second-order valence-electron chi connectivity index (χ2n) is 5.94. The Morgan fingerprint density at radius 3 is 2.52 bits per heavy atom. The summed E-state index contributed by atoms with van der Waals surface area (Å²) in [4.78, 5) is 16.6. The molecule has 1 N–H and O–H groups in total. The maximum Gasteiger partial charge on any atom is 0.338 e. The van der Waals surface area contributed by atoms with Gasteiger partial charge in [-0.25, -0.2) is 4.79 Å². The van der Waals surface area contributed by atoms with Crippen molar-refractivity contribution in [2.24, 2.45) is 0 Å². The molecule has 0 bridgehead atoms. The molecule has 0 saturated heterocycles. The number of fused-ring (bicyclic) bond motifs is 1. The Morgan fingerprint density at radius 1 is 1.08 bits per heavy atom. The van der Waals surface area contributed by atoms with Gasteiger partial charge in [0, 0.05) is 22.5 Å². The van der Waals surface area contributed by atoms with E-state index in [4.69, 9.17) is 4.74 Å². The summed E-state index contributed by atoms with van der Waals surface area (Å²) in [5, 5.41) is 4.34. The van der Waals surface area contributed by atoms with Crippen LogP contribution in [0.1, 0.15) is 35.5 Å². The number of nitrogens with zero attached hydrogens (tertiary/aromatic N) is 1. The largest absolute Gasteiger partial charge is 0.462 e. The van der Waals surface area contributed by atoms with Crippen molar-refractivity contribution in [2.45, 2.75) is 27.2 Å². The average molecular weight is 334 g/mol. The fraction of sp³-hybridized carbons (Fsp3) is 0.238. The van der Waals surface area contributed by atoms with Gasteiger partial charge in [0.25, 0.3) is 0 Å². The quantitative estimate of drug-likeness (QED) is 0.665. The Hall–Kier alpha value is -2.88. The minimum absolute atomic E-state index is 0.316. The lowest BCUT2D eigenvalue weighted by Crippen LogP contribution is -2.05. The van der Waals surface area contributed by atoms with Gasteiger partial charge in [0.05, 0.1) is 17.7 Å². The van der Waals surface area contributed by atoms with E-state index in [9.17, 15) is 4.79 Å². The van der Waals surface area contributed by atoms with Gasteiger partial charge in [0.2, 0.25) is 0 Å². The highest BCUT2D eigenvalue weighted by atomic mass is 16.5. The first-order valence-corrected chi connectivity index (χ1v) is 8.55. The molecule has 1 heterocycles. The third kappa shape index (κ3) is 3.79. The molecule has 0 radical (unpaired) electrons. The lowest BCUT2D eigenvalue weighted by atomic mass is 10.1. The van der Waals surface area contributed by atoms with Gasteiger partial charge >= 0.3 is 5.97 Å². The first kappa shape index (κ1) is 17.0. The van der Waals surface area contributed by atoms with Crippen LogP contribution in [0.2, 0.25) is 0 Å². The molecule has 25 heavy (non-hydrogen) atoms. The summed E-state index contributed by atoms with van der Waals surface area (Å²) < 4.78 is 5.10. The first-order chi connectivity index (χ1) is 12.1. The molecule has 4 nitrogen and oxygen atoms in total. The van der Waals surface area contributed by atoms with Crippen LogP contribution in [0.25, 0.3) is 10.9 Å². The average Bonchev–Trinajstić information content (AvgIpc) is 2.62. The SMILES string of the molecule is CCOC(=O)c1ccc2nc(C)cc(Nc3ccc(CC)cc3)c2c1. The molecule has 0 saturated carbocycles. The minimum Gasteiger partial charge on any atom is -0.462 e. The Labute approximate surface area is 147 Å². The standard InChI is InChI=1S/C21H22N2O2/c1-4-15-6-9-17(10-7-15)23-20-12-14(3)22-19-11-8-16(13-18(19)20)21(24)25-5-2/h6-13H,4-5H2,1-3H3,(H,22,23). The van der Waals surface area contributed by atoms with Crippen LogP contribution in [0.15, 0.2) is 48.5 Å². The Balaban J connectivity index is 2.02. The number of aryl methyl sites for hydroxylation is 2. The first-order valence-electron chi connectivity index (χ1n) is 8.55. The van der Waals surface area contributed by atoms with Gasteiger partial charge in [-0.3, -0.25) is 4.98 Å². The number of pyridine rings is 1. The van der Waals surface area contributed by atoms with Gasteiger partial charge in [0.1, 0.15) is 0 Å². The highest BCUT2D eigenvalue weighted by molar-refractivity contribution is 5.99. The zero-order chi connectivity index (χ0) is 17.8. The molecule has 4 heteroatoms. The van der Waals surface area contributed by atoms with E-state index in [-0.39, 0.29) is 5.97 Å². The molecular formula is C21H22N2O2. The Morgan fingerprint density at radius 2 is 1.84 bits per heavy atom. The van der Waals surface area contributed by atoms with E-state index in [1.54, 1.807) is 13.0 Å². The van der Waals surface area contributed by atoms with Crippen LogP contribution in [-0.4, -0.2) is 17.6 Å². The summed E-state index contributed by atoms with van der Waals surface area (Å²) in [7, 11) is 0. The number of aromatic nitrogens is 1. The highest BCUT2D eigenvalue weighted by Gasteiger charge is 2.11. The van der Waals surface area contributed by atoms with Gasteiger partial charge in [-0.15, -0.1) is 0 Å². The van der Waals surface area contributed by atoms with Gasteiger partial charge < -0.3 is 10.1 Å². The zero-order valence-corrected chi connectivity index (χ0v) is 14.8. The third-order valence-electron chi connectivity index (χ3n) is 4.09. The van der Waals surface area contributed by atoms with Crippen molar-refractivity contribution in [2.75, 3.05) is 11.9 Å². The van der Waals surface area contributed by atoms with Crippen molar-refractivity contribution in [3.8, 4) is 0 Å². The van der Waals surface area contributed by atoms with Gasteiger partial charge in [-0.1, -0.05) is 19.1 Å². The monoisotopic (exact) mass is 334 g/mol. The molecule has 0 aliphatic heterocycles. The summed E-state index contributed by atoms with van der Waals surface area (Å²) in [6.07, 6.45) is 1.01. The van der Waals surface area contributed by atoms with E-state index in [1.807, 2.05) is 25.1 Å². The second kappa shape index (κ2) is 7.34. The second-order valence-corrected chi connectivity index (χ2v) is 5.94. The normalized spacial score (nSPS) is 10.7. The molecule has 128 valence electrons. The van der Waals surface area contributed by atoms with Crippen LogP contribution in [0.4, 0.5) is 11.4 Å². The zero-order valence-electron chi connectivity index (χ0n) is 14.8. The number of hydrogen-bond acceptors (Lipinski definition) is 4. The molecule has 1 aromatic heterocycles. The van der Waals surface area contributed by atoms with Crippen molar-refractivity contribution in [3.63, 3.8) is 0 Å². The van der Waals surface area contributed by atoms with Gasteiger partial charge in [-0.2, -0.15) is 0 Å². The molecule has 0 unspecified atom stereocenters. The lowest BCUT2D eigenvalue weighted by Gasteiger charge is -2.12. The van der Waals surface area contributed by atoms with E-state index in [0.29, 0.717) is 12.2 Å². The third-order valence-corrected chi connectivity index (χ3v) is 4.09. The number of hydrogen-bond donors (Lipinski definition) is 1. The predicted molar refractivity (Wildman–Crippen MR) is 102 cm³/mol. The molecule has 0 spiro atoms. The van der Waals surface area contributed by atoms with Gasteiger partial charge in [0.15, 0.2) is 0 Å². The molecule has 3 aromatic rings. The summed E-state index contributed by atoms with van der Waals surface area (Å²) >= 11 is 0. The van der Waals surface area contributed by atoms with Crippen molar-refractivity contribution in [3.05, 3.63) is 65.4 Å². The predicted octanol–water partition coefficient (Wildman–Crippen LogP) is 5.03. The van der Waals surface area contributed by atoms with E-state index in [2.05, 4.69) is 41.5 Å². The fourth-order valence-corrected chi connectivity index (χ4v) is 2.78. The number of carbonyl (C=O) groups is 1. The van der Waals surface area contributed by atoms with Crippen LogP contribution < -0.4 is 5.32 Å². The van der Waals surface area contributed by atoms with Crippen molar-refractivity contribution in [1.29, 1.82) is 0 Å². The molecule has 0 aliphatic rings. The fourth-order valence-electron chi connectivity index (χ4n) is 2.78. The number of carbonyl (C=O) groups excluding carboxylic acids is 1. The molecule has 3 rings (SSSR count). The molecule has 0 aliphatic carbocycles. The van der Waals surface area contributed by atoms with Crippen LogP contribution in [-0.2, 0) is 11.2 Å².